The minimum absolute atomic E-state index is 0.513. The number of nitrogens with zero attached hydrogens (tertiary/aromatic N) is 3. The summed E-state index contributed by atoms with van der Waals surface area (Å²) in [5.41, 5.74) is 1.18. The molecule has 3 rings (SSSR count). The third-order valence-corrected chi connectivity index (χ3v) is 4.35. The molecule has 0 saturated carbocycles. The van der Waals surface area contributed by atoms with Crippen LogP contribution in [0, 0.1) is 12.3 Å². The van der Waals surface area contributed by atoms with Crippen LogP contribution >= 0.6 is 0 Å². The molecular formula is C19H25N5O2. The van der Waals surface area contributed by atoms with Gasteiger partial charge in [0.15, 0.2) is 0 Å². The summed E-state index contributed by atoms with van der Waals surface area (Å²) in [6, 6.07) is 5.70. The molecule has 2 aromatic rings. The molecular weight excluding hydrogens is 330 g/mol. The van der Waals surface area contributed by atoms with Crippen molar-refractivity contribution in [2.24, 2.45) is 0 Å². The Morgan fingerprint density at radius 3 is 2.65 bits per heavy atom. The molecule has 7 heteroatoms. The fourth-order valence-corrected chi connectivity index (χ4v) is 2.97. The zero-order valence-electron chi connectivity index (χ0n) is 15.4. The van der Waals surface area contributed by atoms with Crippen LogP contribution in [0.1, 0.15) is 30.5 Å². The third-order valence-electron chi connectivity index (χ3n) is 4.35. The van der Waals surface area contributed by atoms with Gasteiger partial charge in [-0.3, -0.25) is 0 Å². The molecule has 0 radical (unpaired) electrons. The number of pyridine rings is 2. The molecule has 26 heavy (non-hydrogen) atoms. The monoisotopic (exact) mass is 355 g/mol. The number of hydrogen-bond acceptors (Lipinski definition) is 7. The van der Waals surface area contributed by atoms with E-state index in [1.807, 2.05) is 25.1 Å². The molecule has 0 atom stereocenters. The number of aromatic nitrogens is 2. The number of hydrogen-bond donors (Lipinski definition) is 3. The Balaban J connectivity index is 2.08. The van der Waals surface area contributed by atoms with Gasteiger partial charge in [0, 0.05) is 31.1 Å². The standard InChI is InChI=1S/C19H25N5O2/c1-13-4-5-21-16(10-13)22-18-14(12-20)15(19(2,3)25)11-17(23-18)24-6-8-26-9-7-24/h4-5,10-12,20,25H,6-9H2,1-3H3,(H,21,22,23). The average molecular weight is 355 g/mol. The van der Waals surface area contributed by atoms with Crippen molar-refractivity contribution in [1.29, 1.82) is 5.41 Å². The van der Waals surface area contributed by atoms with Gasteiger partial charge in [0.1, 0.15) is 17.5 Å². The first kappa shape index (κ1) is 18.3. The van der Waals surface area contributed by atoms with Crippen LogP contribution in [0.2, 0.25) is 0 Å². The molecule has 0 aliphatic carbocycles. The smallest absolute Gasteiger partial charge is 0.143 e. The number of aliphatic hydroxyl groups is 1. The van der Waals surface area contributed by atoms with E-state index in [0.29, 0.717) is 36.0 Å². The molecule has 1 fully saturated rings. The van der Waals surface area contributed by atoms with E-state index in [9.17, 15) is 5.11 Å². The third kappa shape index (κ3) is 4.00. The number of aryl methyl sites for hydroxylation is 1. The number of morpholine rings is 1. The van der Waals surface area contributed by atoms with Crippen molar-refractivity contribution in [3.8, 4) is 0 Å². The van der Waals surface area contributed by atoms with Crippen molar-refractivity contribution in [3.05, 3.63) is 41.1 Å². The topological polar surface area (TPSA) is 94.4 Å². The Morgan fingerprint density at radius 2 is 2.04 bits per heavy atom. The lowest BCUT2D eigenvalue weighted by Gasteiger charge is -2.30. The second kappa shape index (κ2) is 7.39. The van der Waals surface area contributed by atoms with Crippen LogP contribution in [0.3, 0.4) is 0 Å². The predicted octanol–water partition coefficient (Wildman–Crippen LogP) is 2.59. The summed E-state index contributed by atoms with van der Waals surface area (Å²) in [5, 5.41) is 21.7. The first-order chi connectivity index (χ1) is 12.4. The molecule has 138 valence electrons. The summed E-state index contributed by atoms with van der Waals surface area (Å²) in [4.78, 5) is 11.2. The molecule has 2 aromatic heterocycles. The van der Waals surface area contributed by atoms with Crippen LogP contribution < -0.4 is 10.2 Å². The van der Waals surface area contributed by atoms with Crippen LogP contribution in [0.25, 0.3) is 0 Å². The Kier molecular flexibility index (Phi) is 5.20. The molecule has 1 saturated heterocycles. The van der Waals surface area contributed by atoms with Gasteiger partial charge < -0.3 is 25.5 Å². The summed E-state index contributed by atoms with van der Waals surface area (Å²) >= 11 is 0. The molecule has 0 amide bonds. The van der Waals surface area contributed by atoms with E-state index >= 15 is 0 Å². The second-order valence-corrected chi connectivity index (χ2v) is 6.94. The molecule has 7 nitrogen and oxygen atoms in total. The highest BCUT2D eigenvalue weighted by Gasteiger charge is 2.25. The first-order valence-corrected chi connectivity index (χ1v) is 8.69. The lowest BCUT2D eigenvalue weighted by atomic mass is 9.94. The van der Waals surface area contributed by atoms with E-state index < -0.39 is 5.60 Å². The van der Waals surface area contributed by atoms with Gasteiger partial charge in [0.25, 0.3) is 0 Å². The Hall–Kier alpha value is -2.51. The summed E-state index contributed by atoms with van der Waals surface area (Å²) in [6.45, 7) is 8.20. The van der Waals surface area contributed by atoms with Crippen molar-refractivity contribution < 1.29 is 9.84 Å². The molecule has 0 aromatic carbocycles. The minimum atomic E-state index is -1.10. The lowest BCUT2D eigenvalue weighted by molar-refractivity contribution is 0.0784. The molecule has 3 heterocycles. The van der Waals surface area contributed by atoms with Gasteiger partial charge in [-0.15, -0.1) is 0 Å². The molecule has 1 aliphatic rings. The van der Waals surface area contributed by atoms with E-state index in [1.54, 1.807) is 20.0 Å². The predicted molar refractivity (Wildman–Crippen MR) is 103 cm³/mol. The van der Waals surface area contributed by atoms with Gasteiger partial charge in [-0.1, -0.05) is 0 Å². The molecule has 0 spiro atoms. The summed E-state index contributed by atoms with van der Waals surface area (Å²) < 4.78 is 5.42. The maximum Gasteiger partial charge on any atom is 0.143 e. The first-order valence-electron chi connectivity index (χ1n) is 8.69. The van der Waals surface area contributed by atoms with E-state index in [1.165, 1.54) is 6.21 Å². The van der Waals surface area contributed by atoms with Crippen LogP contribution in [0.15, 0.2) is 24.4 Å². The highest BCUT2D eigenvalue weighted by Crippen LogP contribution is 2.32. The summed E-state index contributed by atoms with van der Waals surface area (Å²) in [5.74, 6) is 1.92. The minimum Gasteiger partial charge on any atom is -0.386 e. The maximum absolute atomic E-state index is 10.6. The highest BCUT2D eigenvalue weighted by atomic mass is 16.5. The fourth-order valence-electron chi connectivity index (χ4n) is 2.97. The van der Waals surface area contributed by atoms with E-state index in [0.717, 1.165) is 24.5 Å². The van der Waals surface area contributed by atoms with Gasteiger partial charge in [-0.2, -0.15) is 0 Å². The molecule has 0 bridgehead atoms. The largest absolute Gasteiger partial charge is 0.386 e. The summed E-state index contributed by atoms with van der Waals surface area (Å²) in [7, 11) is 0. The van der Waals surface area contributed by atoms with Crippen molar-refractivity contribution in [1.82, 2.24) is 9.97 Å². The normalized spacial score (nSPS) is 15.0. The summed E-state index contributed by atoms with van der Waals surface area (Å²) in [6.07, 6.45) is 2.95. The quantitative estimate of drug-likeness (QED) is 0.714. The van der Waals surface area contributed by atoms with Crippen LogP contribution in [0.4, 0.5) is 17.5 Å². The van der Waals surface area contributed by atoms with Gasteiger partial charge in [-0.25, -0.2) is 9.97 Å². The van der Waals surface area contributed by atoms with E-state index in [4.69, 9.17) is 15.1 Å². The maximum atomic E-state index is 10.6. The Labute approximate surface area is 153 Å². The second-order valence-electron chi connectivity index (χ2n) is 6.94. The Bertz CT molecular complexity index is 795. The van der Waals surface area contributed by atoms with Crippen molar-refractivity contribution >= 4 is 23.7 Å². The lowest BCUT2D eigenvalue weighted by Crippen LogP contribution is -2.37. The molecule has 3 N–H and O–H groups in total. The van der Waals surface area contributed by atoms with Gasteiger partial charge in [-0.05, 0) is 50.1 Å². The molecule has 1 aliphatic heterocycles. The number of ether oxygens (including phenoxy) is 1. The Morgan fingerprint density at radius 1 is 1.31 bits per heavy atom. The van der Waals surface area contributed by atoms with Crippen molar-refractivity contribution in [3.63, 3.8) is 0 Å². The number of anilines is 3. The average Bonchev–Trinajstić information content (AvgIpc) is 2.61. The van der Waals surface area contributed by atoms with Crippen molar-refractivity contribution in [2.45, 2.75) is 26.4 Å². The van der Waals surface area contributed by atoms with Crippen molar-refractivity contribution in [2.75, 3.05) is 36.5 Å². The van der Waals surface area contributed by atoms with Gasteiger partial charge in [0.2, 0.25) is 0 Å². The van der Waals surface area contributed by atoms with Gasteiger partial charge >= 0.3 is 0 Å². The van der Waals surface area contributed by atoms with Gasteiger partial charge in [0.05, 0.1) is 18.8 Å². The zero-order valence-corrected chi connectivity index (χ0v) is 15.4. The highest BCUT2D eigenvalue weighted by molar-refractivity contribution is 5.89. The van der Waals surface area contributed by atoms with Crippen LogP contribution in [-0.2, 0) is 10.3 Å². The van der Waals surface area contributed by atoms with E-state index in [-0.39, 0.29) is 0 Å². The SMILES string of the molecule is Cc1ccnc(Nc2nc(N3CCOCC3)cc(C(C)(C)O)c2C=N)c1. The number of nitrogens with one attached hydrogen (secondary N) is 2. The number of rotatable bonds is 5. The van der Waals surface area contributed by atoms with E-state index in [2.05, 4.69) is 15.2 Å². The fraction of sp³-hybridized carbons (Fsp3) is 0.421. The molecule has 0 unspecified atom stereocenters. The van der Waals surface area contributed by atoms with Crippen LogP contribution in [-0.4, -0.2) is 47.6 Å². The van der Waals surface area contributed by atoms with Crippen LogP contribution in [0.5, 0.6) is 0 Å². The zero-order chi connectivity index (χ0) is 18.7.